The van der Waals surface area contributed by atoms with Gasteiger partial charge in [0, 0.05) is 6.04 Å². The Bertz CT molecular complexity index is 144. The predicted molar refractivity (Wildman–Crippen MR) is 63.2 cm³/mol. The summed E-state index contributed by atoms with van der Waals surface area (Å²) in [5.74, 6) is 1.70. The minimum atomic E-state index is 0.497. The predicted octanol–water partition coefficient (Wildman–Crippen LogP) is 3.72. The first-order valence-corrected chi connectivity index (χ1v) is 6.49. The Morgan fingerprint density at radius 3 is 2.64 bits per heavy atom. The van der Waals surface area contributed by atoms with Crippen molar-refractivity contribution in [2.45, 2.75) is 71.3 Å². The second kappa shape index (κ2) is 6.44. The van der Waals surface area contributed by atoms with Gasteiger partial charge in [-0.25, -0.2) is 0 Å². The van der Waals surface area contributed by atoms with E-state index in [4.69, 9.17) is 5.73 Å². The summed E-state index contributed by atoms with van der Waals surface area (Å²) in [6, 6.07) is 0.497. The van der Waals surface area contributed by atoms with Gasteiger partial charge in [0.2, 0.25) is 0 Å². The van der Waals surface area contributed by atoms with Gasteiger partial charge in [0.05, 0.1) is 0 Å². The number of nitrogens with two attached hydrogens (primary N) is 1. The molecule has 1 fully saturated rings. The highest BCUT2D eigenvalue weighted by molar-refractivity contribution is 4.77. The maximum Gasteiger partial charge on any atom is 0.00672 e. The number of hydrogen-bond donors (Lipinski definition) is 1. The van der Waals surface area contributed by atoms with Crippen molar-refractivity contribution in [3.05, 3.63) is 0 Å². The molecule has 1 aliphatic carbocycles. The Kier molecular flexibility index (Phi) is 5.54. The first-order valence-electron chi connectivity index (χ1n) is 6.49. The summed E-state index contributed by atoms with van der Waals surface area (Å²) in [4.78, 5) is 0. The average molecular weight is 197 g/mol. The first kappa shape index (κ1) is 12.0. The van der Waals surface area contributed by atoms with Crippen molar-refractivity contribution in [1.82, 2.24) is 0 Å². The van der Waals surface area contributed by atoms with Crippen LogP contribution >= 0.6 is 0 Å². The molecule has 2 N–H and O–H groups in total. The van der Waals surface area contributed by atoms with Crippen LogP contribution in [0, 0.1) is 11.8 Å². The smallest absolute Gasteiger partial charge is 0.00672 e. The van der Waals surface area contributed by atoms with Gasteiger partial charge >= 0.3 is 0 Å². The van der Waals surface area contributed by atoms with Gasteiger partial charge in [-0.3, -0.25) is 0 Å². The van der Waals surface area contributed by atoms with Crippen molar-refractivity contribution in [2.24, 2.45) is 17.6 Å². The van der Waals surface area contributed by atoms with Crippen LogP contribution in [0.1, 0.15) is 65.2 Å². The lowest BCUT2D eigenvalue weighted by molar-refractivity contribution is 0.308. The molecule has 1 rings (SSSR count). The molecule has 14 heavy (non-hydrogen) atoms. The van der Waals surface area contributed by atoms with Crippen LogP contribution in [0.2, 0.25) is 0 Å². The van der Waals surface area contributed by atoms with E-state index in [1.807, 2.05) is 0 Å². The highest BCUT2D eigenvalue weighted by Crippen LogP contribution is 2.28. The third-order valence-electron chi connectivity index (χ3n) is 3.70. The maximum atomic E-state index is 6.22. The van der Waals surface area contributed by atoms with Crippen molar-refractivity contribution in [3.63, 3.8) is 0 Å². The summed E-state index contributed by atoms with van der Waals surface area (Å²) in [6.07, 6.45) is 10.9. The van der Waals surface area contributed by atoms with E-state index in [0.717, 1.165) is 11.8 Å². The highest BCUT2D eigenvalue weighted by atomic mass is 14.6. The average Bonchev–Trinajstić information content (AvgIpc) is 2.33. The van der Waals surface area contributed by atoms with Crippen molar-refractivity contribution < 1.29 is 0 Å². The molecule has 0 radical (unpaired) electrons. The molecule has 1 heteroatoms. The molecular formula is C13H27N. The van der Waals surface area contributed by atoms with E-state index in [0.29, 0.717) is 6.04 Å². The fraction of sp³-hybridized carbons (Fsp3) is 1.00. The van der Waals surface area contributed by atoms with Gasteiger partial charge < -0.3 is 5.73 Å². The van der Waals surface area contributed by atoms with E-state index < -0.39 is 0 Å². The summed E-state index contributed by atoms with van der Waals surface area (Å²) in [6.45, 7) is 4.67. The molecular weight excluding hydrogens is 170 g/mol. The van der Waals surface area contributed by atoms with Crippen LogP contribution in [0.15, 0.2) is 0 Å². The Morgan fingerprint density at radius 2 is 1.93 bits per heavy atom. The van der Waals surface area contributed by atoms with E-state index in [-0.39, 0.29) is 0 Å². The van der Waals surface area contributed by atoms with Gasteiger partial charge in [0.25, 0.3) is 0 Å². The molecule has 1 nitrogen and oxygen atoms in total. The van der Waals surface area contributed by atoms with Crippen molar-refractivity contribution in [1.29, 1.82) is 0 Å². The Morgan fingerprint density at radius 1 is 1.21 bits per heavy atom. The molecule has 0 aliphatic heterocycles. The summed E-state index contributed by atoms with van der Waals surface area (Å²) >= 11 is 0. The molecule has 0 aromatic rings. The van der Waals surface area contributed by atoms with Crippen LogP contribution in [0.5, 0.6) is 0 Å². The standard InChI is InChI=1S/C13H27N/c1-3-7-11(2)10-12-8-5-4-6-9-13(12)14/h11-13H,3-10,14H2,1-2H3. The quantitative estimate of drug-likeness (QED) is 0.683. The molecule has 0 aromatic heterocycles. The number of rotatable bonds is 4. The van der Waals surface area contributed by atoms with Gasteiger partial charge in [-0.1, -0.05) is 46.0 Å². The third kappa shape index (κ3) is 4.00. The van der Waals surface area contributed by atoms with Crippen molar-refractivity contribution in [3.8, 4) is 0 Å². The Balaban J connectivity index is 2.32. The normalized spacial score (nSPS) is 31.1. The summed E-state index contributed by atoms with van der Waals surface area (Å²) in [5, 5.41) is 0. The molecule has 0 aromatic carbocycles. The minimum Gasteiger partial charge on any atom is -0.327 e. The second-order valence-corrected chi connectivity index (χ2v) is 5.19. The fourth-order valence-corrected chi connectivity index (χ4v) is 2.83. The molecule has 0 bridgehead atoms. The van der Waals surface area contributed by atoms with Crippen LogP contribution in [0.3, 0.4) is 0 Å². The van der Waals surface area contributed by atoms with Gasteiger partial charge in [0.15, 0.2) is 0 Å². The molecule has 84 valence electrons. The molecule has 0 amide bonds. The summed E-state index contributed by atoms with van der Waals surface area (Å²) in [7, 11) is 0. The van der Waals surface area contributed by atoms with Crippen LogP contribution in [0.4, 0.5) is 0 Å². The Labute approximate surface area is 89.5 Å². The van der Waals surface area contributed by atoms with Gasteiger partial charge in [0.1, 0.15) is 0 Å². The van der Waals surface area contributed by atoms with Crippen molar-refractivity contribution in [2.75, 3.05) is 0 Å². The molecule has 3 atom stereocenters. The fourth-order valence-electron chi connectivity index (χ4n) is 2.83. The van der Waals surface area contributed by atoms with Crippen molar-refractivity contribution >= 4 is 0 Å². The monoisotopic (exact) mass is 197 g/mol. The zero-order chi connectivity index (χ0) is 10.4. The lowest BCUT2D eigenvalue weighted by Gasteiger charge is -2.24. The van der Waals surface area contributed by atoms with E-state index in [9.17, 15) is 0 Å². The maximum absolute atomic E-state index is 6.22. The zero-order valence-corrected chi connectivity index (χ0v) is 9.97. The van der Waals surface area contributed by atoms with Crippen LogP contribution < -0.4 is 5.73 Å². The molecule has 1 saturated carbocycles. The minimum absolute atomic E-state index is 0.497. The SMILES string of the molecule is CCCC(C)CC1CCCCCC1N. The van der Waals surface area contributed by atoms with E-state index in [2.05, 4.69) is 13.8 Å². The third-order valence-corrected chi connectivity index (χ3v) is 3.70. The van der Waals surface area contributed by atoms with Gasteiger partial charge in [-0.15, -0.1) is 0 Å². The molecule has 1 aliphatic rings. The van der Waals surface area contributed by atoms with E-state index >= 15 is 0 Å². The second-order valence-electron chi connectivity index (χ2n) is 5.19. The number of hydrogen-bond acceptors (Lipinski definition) is 1. The topological polar surface area (TPSA) is 26.0 Å². The van der Waals surface area contributed by atoms with E-state index in [1.54, 1.807) is 0 Å². The lowest BCUT2D eigenvalue weighted by Crippen LogP contribution is -2.30. The van der Waals surface area contributed by atoms with Crippen LogP contribution in [-0.2, 0) is 0 Å². The summed E-state index contributed by atoms with van der Waals surface area (Å²) in [5.41, 5.74) is 6.22. The Hall–Kier alpha value is -0.0400. The molecule has 3 unspecified atom stereocenters. The van der Waals surface area contributed by atoms with Gasteiger partial charge in [-0.2, -0.15) is 0 Å². The van der Waals surface area contributed by atoms with Gasteiger partial charge in [-0.05, 0) is 31.1 Å². The zero-order valence-electron chi connectivity index (χ0n) is 9.97. The van der Waals surface area contributed by atoms with Crippen LogP contribution in [0.25, 0.3) is 0 Å². The van der Waals surface area contributed by atoms with Crippen LogP contribution in [-0.4, -0.2) is 6.04 Å². The molecule has 0 spiro atoms. The highest BCUT2D eigenvalue weighted by Gasteiger charge is 2.21. The lowest BCUT2D eigenvalue weighted by atomic mass is 9.85. The molecule has 0 heterocycles. The largest absolute Gasteiger partial charge is 0.327 e. The molecule has 0 saturated heterocycles. The first-order chi connectivity index (χ1) is 6.74. The summed E-state index contributed by atoms with van der Waals surface area (Å²) < 4.78 is 0. The van der Waals surface area contributed by atoms with E-state index in [1.165, 1.54) is 51.4 Å².